The molecule has 1 heteroatoms. The molecule has 0 heterocycles. The number of hydrogen-bond donors (Lipinski definition) is 0. The molecule has 7 aromatic carbocycles. The first-order valence-electron chi connectivity index (χ1n) is 22.4. The second-order valence-electron chi connectivity index (χ2n) is 20.9. The van der Waals surface area contributed by atoms with Gasteiger partial charge in [0.1, 0.15) is 0 Å². The van der Waals surface area contributed by atoms with Crippen molar-refractivity contribution in [2.75, 3.05) is 4.90 Å². The van der Waals surface area contributed by atoms with E-state index in [0.29, 0.717) is 0 Å². The Bertz CT molecular complexity index is 2840. The summed E-state index contributed by atoms with van der Waals surface area (Å²) in [6.07, 6.45) is 4.65. The molecule has 0 unspecified atom stereocenters. The van der Waals surface area contributed by atoms with E-state index in [1.165, 1.54) is 108 Å². The standard InChI is InChI=1S/C59H57N/c1-55(2)32-34-57(5,6)53-42(25-18-29-48(53)55)44-36-43-41-24-14-17-28-47(41)59(45-26-15-12-22-39(45)40-23-13-16-27-46(40)59)50(43)37-52(44)60(38-20-10-9-11-21-38)51-31-19-30-49-54(51)58(7,8)35-33-56(49,3)4/h9-31,36-37H,32-35H2,1-8H3. The normalized spacial score (nSPS) is 18.7. The first kappa shape index (κ1) is 37.3. The highest BCUT2D eigenvalue weighted by atomic mass is 15.1. The van der Waals surface area contributed by atoms with E-state index in [0.717, 1.165) is 12.8 Å². The Morgan fingerprint density at radius 2 is 0.750 bits per heavy atom. The van der Waals surface area contributed by atoms with E-state index in [2.05, 4.69) is 212 Å². The summed E-state index contributed by atoms with van der Waals surface area (Å²) >= 11 is 0. The molecule has 0 aromatic heterocycles. The molecule has 0 N–H and O–H groups in total. The van der Waals surface area contributed by atoms with Crippen LogP contribution in [0.5, 0.6) is 0 Å². The van der Waals surface area contributed by atoms with Gasteiger partial charge in [0.25, 0.3) is 0 Å². The van der Waals surface area contributed by atoms with Crippen molar-refractivity contribution in [3.8, 4) is 33.4 Å². The van der Waals surface area contributed by atoms with E-state index < -0.39 is 5.41 Å². The van der Waals surface area contributed by atoms with E-state index in [4.69, 9.17) is 0 Å². The Kier molecular flexibility index (Phi) is 7.89. The maximum Gasteiger partial charge on any atom is 0.0726 e. The monoisotopic (exact) mass is 779 g/mol. The zero-order chi connectivity index (χ0) is 41.4. The van der Waals surface area contributed by atoms with Gasteiger partial charge in [0.2, 0.25) is 0 Å². The average Bonchev–Trinajstić information content (AvgIpc) is 3.71. The summed E-state index contributed by atoms with van der Waals surface area (Å²) in [6, 6.07) is 58.6. The molecular weight excluding hydrogens is 723 g/mol. The largest absolute Gasteiger partial charge is 0.310 e. The van der Waals surface area contributed by atoms with Gasteiger partial charge in [-0.2, -0.15) is 0 Å². The Labute approximate surface area is 358 Å². The van der Waals surface area contributed by atoms with Crippen LogP contribution in [-0.4, -0.2) is 0 Å². The zero-order valence-corrected chi connectivity index (χ0v) is 36.7. The summed E-state index contributed by atoms with van der Waals surface area (Å²) in [5.74, 6) is 0. The molecule has 4 aliphatic carbocycles. The molecule has 4 aliphatic rings. The maximum atomic E-state index is 2.67. The number of rotatable bonds is 4. The molecule has 0 fully saturated rings. The second kappa shape index (κ2) is 12.7. The third kappa shape index (κ3) is 5.05. The summed E-state index contributed by atoms with van der Waals surface area (Å²) in [5.41, 5.74) is 22.9. The first-order chi connectivity index (χ1) is 28.8. The molecule has 11 rings (SSSR count). The lowest BCUT2D eigenvalue weighted by Gasteiger charge is -2.45. The minimum atomic E-state index is -0.455. The van der Waals surface area contributed by atoms with Crippen LogP contribution in [0.15, 0.2) is 152 Å². The van der Waals surface area contributed by atoms with E-state index >= 15 is 0 Å². The van der Waals surface area contributed by atoms with Crippen molar-refractivity contribution in [2.45, 2.75) is 108 Å². The number of para-hydroxylation sites is 1. The topological polar surface area (TPSA) is 3.24 Å². The first-order valence-corrected chi connectivity index (χ1v) is 22.4. The number of nitrogens with zero attached hydrogens (tertiary/aromatic N) is 1. The lowest BCUT2D eigenvalue weighted by atomic mass is 9.61. The third-order valence-electron chi connectivity index (χ3n) is 15.6. The van der Waals surface area contributed by atoms with E-state index in [1.54, 1.807) is 0 Å². The number of fused-ring (bicyclic) bond motifs is 12. The lowest BCUT2D eigenvalue weighted by Crippen LogP contribution is -2.35. The highest BCUT2D eigenvalue weighted by Crippen LogP contribution is 2.65. The Balaban J connectivity index is 1.32. The average molecular weight is 780 g/mol. The van der Waals surface area contributed by atoms with Gasteiger partial charge >= 0.3 is 0 Å². The van der Waals surface area contributed by atoms with Crippen LogP contribution in [0, 0.1) is 0 Å². The molecule has 7 aromatic rings. The van der Waals surface area contributed by atoms with Crippen LogP contribution in [0.4, 0.5) is 17.1 Å². The van der Waals surface area contributed by atoms with Crippen molar-refractivity contribution in [1.29, 1.82) is 0 Å². The van der Waals surface area contributed by atoms with Crippen LogP contribution in [0.2, 0.25) is 0 Å². The molecular formula is C59H57N. The van der Waals surface area contributed by atoms with Gasteiger partial charge in [-0.1, -0.05) is 177 Å². The van der Waals surface area contributed by atoms with Crippen LogP contribution in [0.1, 0.15) is 126 Å². The molecule has 60 heavy (non-hydrogen) atoms. The number of anilines is 3. The number of hydrogen-bond acceptors (Lipinski definition) is 1. The molecule has 0 amide bonds. The Morgan fingerprint density at radius 1 is 0.317 bits per heavy atom. The second-order valence-corrected chi connectivity index (χ2v) is 20.9. The quantitative estimate of drug-likeness (QED) is 0.172. The third-order valence-corrected chi connectivity index (χ3v) is 15.6. The van der Waals surface area contributed by atoms with E-state index in [1.807, 2.05) is 0 Å². The Hall–Kier alpha value is -5.66. The highest BCUT2D eigenvalue weighted by molar-refractivity contribution is 6.01. The summed E-state index contributed by atoms with van der Waals surface area (Å²) < 4.78 is 0. The molecule has 1 spiro atoms. The lowest BCUT2D eigenvalue weighted by molar-refractivity contribution is 0.332. The van der Waals surface area contributed by atoms with Crippen LogP contribution < -0.4 is 4.90 Å². The molecule has 0 atom stereocenters. The maximum absolute atomic E-state index is 2.67. The van der Waals surface area contributed by atoms with Gasteiger partial charge in [0, 0.05) is 11.3 Å². The predicted octanol–water partition coefficient (Wildman–Crippen LogP) is 15.9. The molecule has 0 radical (unpaired) electrons. The highest BCUT2D eigenvalue weighted by Gasteiger charge is 2.52. The summed E-state index contributed by atoms with van der Waals surface area (Å²) in [7, 11) is 0. The van der Waals surface area contributed by atoms with Gasteiger partial charge in [-0.3, -0.25) is 0 Å². The smallest absolute Gasteiger partial charge is 0.0726 e. The minimum absolute atomic E-state index is 0.00962. The number of benzene rings is 7. The molecule has 1 nitrogen and oxygen atoms in total. The molecule has 0 aliphatic heterocycles. The summed E-state index contributed by atoms with van der Waals surface area (Å²) in [4.78, 5) is 2.67. The van der Waals surface area contributed by atoms with Crippen LogP contribution in [-0.2, 0) is 27.1 Å². The van der Waals surface area contributed by atoms with Gasteiger partial charge in [0.05, 0.1) is 16.8 Å². The SMILES string of the molecule is CC1(C)CCC(C)(C)c2c(-c3cc4c(cc3N(c3ccccc3)c3cccc5c3C(C)(C)CCC5(C)C)C3(c5ccccc5-c5ccccc53)c3ccccc3-4)cccc21. The van der Waals surface area contributed by atoms with Crippen molar-refractivity contribution < 1.29 is 0 Å². The minimum Gasteiger partial charge on any atom is -0.310 e. The van der Waals surface area contributed by atoms with Gasteiger partial charge < -0.3 is 4.90 Å². The summed E-state index contributed by atoms with van der Waals surface area (Å²) in [6.45, 7) is 19.8. The van der Waals surface area contributed by atoms with Crippen molar-refractivity contribution in [1.82, 2.24) is 0 Å². The van der Waals surface area contributed by atoms with Crippen molar-refractivity contribution in [2.24, 2.45) is 0 Å². The fourth-order valence-corrected chi connectivity index (χ4v) is 12.4. The Morgan fingerprint density at radius 3 is 1.33 bits per heavy atom. The van der Waals surface area contributed by atoms with Gasteiger partial charge in [0.15, 0.2) is 0 Å². The molecule has 0 bridgehead atoms. The van der Waals surface area contributed by atoms with Crippen LogP contribution >= 0.6 is 0 Å². The molecule has 0 saturated carbocycles. The van der Waals surface area contributed by atoms with Crippen molar-refractivity contribution in [3.63, 3.8) is 0 Å². The van der Waals surface area contributed by atoms with Crippen LogP contribution in [0.25, 0.3) is 33.4 Å². The van der Waals surface area contributed by atoms with Crippen molar-refractivity contribution in [3.05, 3.63) is 196 Å². The van der Waals surface area contributed by atoms with Crippen molar-refractivity contribution >= 4 is 17.1 Å². The van der Waals surface area contributed by atoms with Crippen LogP contribution in [0.3, 0.4) is 0 Å². The van der Waals surface area contributed by atoms with Gasteiger partial charge in [-0.15, -0.1) is 0 Å². The predicted molar refractivity (Wildman–Crippen MR) is 253 cm³/mol. The fourth-order valence-electron chi connectivity index (χ4n) is 12.4. The zero-order valence-electron chi connectivity index (χ0n) is 36.7. The fraction of sp³-hybridized carbons (Fsp3) is 0.288. The van der Waals surface area contributed by atoms with E-state index in [-0.39, 0.29) is 21.7 Å². The van der Waals surface area contributed by atoms with E-state index in [9.17, 15) is 0 Å². The molecule has 298 valence electrons. The van der Waals surface area contributed by atoms with Gasteiger partial charge in [-0.05, 0) is 150 Å². The summed E-state index contributed by atoms with van der Waals surface area (Å²) in [5, 5.41) is 0. The van der Waals surface area contributed by atoms with Gasteiger partial charge in [-0.25, -0.2) is 0 Å². The molecule has 0 saturated heterocycles.